The molecule has 116 valence electrons. The van der Waals surface area contributed by atoms with Crippen molar-refractivity contribution in [1.29, 1.82) is 0 Å². The van der Waals surface area contributed by atoms with Gasteiger partial charge < -0.3 is 15.2 Å². The van der Waals surface area contributed by atoms with E-state index >= 15 is 0 Å². The van der Waals surface area contributed by atoms with Crippen LogP contribution in [0.3, 0.4) is 0 Å². The summed E-state index contributed by atoms with van der Waals surface area (Å²) in [7, 11) is 0. The molecule has 0 fully saturated rings. The lowest BCUT2D eigenvalue weighted by molar-refractivity contribution is -0.137. The van der Waals surface area contributed by atoms with Gasteiger partial charge in [-0.05, 0) is 24.6 Å². The van der Waals surface area contributed by atoms with E-state index in [1.54, 1.807) is 0 Å². The Labute approximate surface area is 120 Å². The van der Waals surface area contributed by atoms with Crippen LogP contribution in [0.25, 0.3) is 0 Å². The van der Waals surface area contributed by atoms with Crippen LogP contribution in [0.1, 0.15) is 36.5 Å². The minimum atomic E-state index is -2.97. The molecule has 0 bridgehead atoms. The van der Waals surface area contributed by atoms with E-state index in [1.807, 2.05) is 6.92 Å². The van der Waals surface area contributed by atoms with Gasteiger partial charge in [-0.2, -0.15) is 8.78 Å². The summed E-state index contributed by atoms with van der Waals surface area (Å²) in [5.74, 6) is -1.65. The molecule has 1 atom stereocenters. The van der Waals surface area contributed by atoms with E-state index in [0.717, 1.165) is 0 Å². The van der Waals surface area contributed by atoms with Crippen molar-refractivity contribution < 1.29 is 28.2 Å². The summed E-state index contributed by atoms with van der Waals surface area (Å²) in [6, 6.07) is 4.85. The Kier molecular flexibility index (Phi) is 6.58. The van der Waals surface area contributed by atoms with Gasteiger partial charge in [0.05, 0.1) is 6.42 Å². The zero-order valence-electron chi connectivity index (χ0n) is 11.5. The van der Waals surface area contributed by atoms with Crippen molar-refractivity contribution in [2.75, 3.05) is 0 Å². The number of ether oxygens (including phenoxy) is 1. The standard InChI is InChI=1S/C14H17F2NO4/c1-2-4-10(8-12(18)19)17-13(20)9-5-3-6-11(7-9)21-14(15)16/h3,5-7,10,14H,2,4,8H2,1H3,(H,17,20)(H,18,19)/t10-/m1/s1. The van der Waals surface area contributed by atoms with E-state index in [4.69, 9.17) is 5.11 Å². The molecule has 0 aliphatic heterocycles. The van der Waals surface area contributed by atoms with Crippen LogP contribution in [-0.4, -0.2) is 29.6 Å². The maximum absolute atomic E-state index is 12.1. The summed E-state index contributed by atoms with van der Waals surface area (Å²) in [5.41, 5.74) is 0.139. The van der Waals surface area contributed by atoms with E-state index in [1.165, 1.54) is 24.3 Å². The molecule has 0 spiro atoms. The Morgan fingerprint density at radius 2 is 2.10 bits per heavy atom. The molecule has 0 aliphatic carbocycles. The van der Waals surface area contributed by atoms with Gasteiger partial charge in [0.15, 0.2) is 0 Å². The summed E-state index contributed by atoms with van der Waals surface area (Å²) in [6.45, 7) is -1.10. The Bertz CT molecular complexity index is 494. The number of alkyl halides is 2. The van der Waals surface area contributed by atoms with Gasteiger partial charge >= 0.3 is 12.6 Å². The van der Waals surface area contributed by atoms with Gasteiger partial charge in [0.25, 0.3) is 5.91 Å². The van der Waals surface area contributed by atoms with Crippen LogP contribution in [0.15, 0.2) is 24.3 Å². The van der Waals surface area contributed by atoms with E-state index in [2.05, 4.69) is 10.1 Å². The number of carboxylic acid groups (broad SMARTS) is 1. The zero-order chi connectivity index (χ0) is 15.8. The van der Waals surface area contributed by atoms with Crippen molar-refractivity contribution in [3.05, 3.63) is 29.8 Å². The summed E-state index contributed by atoms with van der Waals surface area (Å²) in [6.07, 6.45) is 1.05. The largest absolute Gasteiger partial charge is 0.481 e. The second kappa shape index (κ2) is 8.18. The number of carboxylic acids is 1. The average molecular weight is 301 g/mol. The Morgan fingerprint density at radius 1 is 1.38 bits per heavy atom. The van der Waals surface area contributed by atoms with Crippen LogP contribution in [0.5, 0.6) is 5.75 Å². The van der Waals surface area contributed by atoms with Crippen LogP contribution in [0, 0.1) is 0 Å². The van der Waals surface area contributed by atoms with E-state index in [9.17, 15) is 18.4 Å². The van der Waals surface area contributed by atoms with Crippen LogP contribution in [0.2, 0.25) is 0 Å². The fourth-order valence-electron chi connectivity index (χ4n) is 1.87. The van der Waals surface area contributed by atoms with Gasteiger partial charge in [-0.1, -0.05) is 19.4 Å². The lowest BCUT2D eigenvalue weighted by atomic mass is 10.1. The van der Waals surface area contributed by atoms with Crippen molar-refractivity contribution in [2.45, 2.75) is 38.8 Å². The summed E-state index contributed by atoms with van der Waals surface area (Å²) in [4.78, 5) is 22.7. The van der Waals surface area contributed by atoms with Crippen molar-refractivity contribution >= 4 is 11.9 Å². The smallest absolute Gasteiger partial charge is 0.387 e. The summed E-state index contributed by atoms with van der Waals surface area (Å²) < 4.78 is 28.5. The second-order valence-corrected chi connectivity index (χ2v) is 4.46. The lowest BCUT2D eigenvalue weighted by Gasteiger charge is -2.16. The zero-order valence-corrected chi connectivity index (χ0v) is 11.5. The molecular formula is C14H17F2NO4. The molecule has 0 aliphatic rings. The Balaban J connectivity index is 2.74. The third-order valence-corrected chi connectivity index (χ3v) is 2.71. The maximum Gasteiger partial charge on any atom is 0.387 e. The van der Waals surface area contributed by atoms with E-state index in [-0.39, 0.29) is 17.7 Å². The van der Waals surface area contributed by atoms with Gasteiger partial charge in [0.1, 0.15) is 5.75 Å². The summed E-state index contributed by atoms with van der Waals surface area (Å²) >= 11 is 0. The number of carbonyl (C=O) groups excluding carboxylic acids is 1. The van der Waals surface area contributed by atoms with Crippen LogP contribution < -0.4 is 10.1 Å². The van der Waals surface area contributed by atoms with Gasteiger partial charge in [0.2, 0.25) is 0 Å². The molecule has 0 heterocycles. The second-order valence-electron chi connectivity index (χ2n) is 4.46. The molecule has 0 saturated heterocycles. The first kappa shape index (κ1) is 16.9. The highest BCUT2D eigenvalue weighted by molar-refractivity contribution is 5.95. The molecule has 5 nitrogen and oxygen atoms in total. The van der Waals surface area contributed by atoms with Crippen molar-refractivity contribution in [3.63, 3.8) is 0 Å². The third-order valence-electron chi connectivity index (χ3n) is 2.71. The molecule has 1 aromatic rings. The van der Waals surface area contributed by atoms with Crippen LogP contribution >= 0.6 is 0 Å². The molecule has 2 N–H and O–H groups in total. The molecule has 0 radical (unpaired) electrons. The molecule has 1 amide bonds. The van der Waals surface area contributed by atoms with E-state index in [0.29, 0.717) is 12.8 Å². The maximum atomic E-state index is 12.1. The minimum Gasteiger partial charge on any atom is -0.481 e. The van der Waals surface area contributed by atoms with Crippen LogP contribution in [-0.2, 0) is 4.79 Å². The van der Waals surface area contributed by atoms with Crippen LogP contribution in [0.4, 0.5) is 8.78 Å². The summed E-state index contributed by atoms with van der Waals surface area (Å²) in [5, 5.41) is 11.4. The number of hydrogen-bond acceptors (Lipinski definition) is 3. The fourth-order valence-corrected chi connectivity index (χ4v) is 1.87. The number of aliphatic carboxylic acids is 1. The average Bonchev–Trinajstić information content (AvgIpc) is 2.37. The SMILES string of the molecule is CCC[C@H](CC(=O)O)NC(=O)c1cccc(OC(F)F)c1. The molecule has 21 heavy (non-hydrogen) atoms. The lowest BCUT2D eigenvalue weighted by Crippen LogP contribution is -2.36. The van der Waals surface area contributed by atoms with Crippen molar-refractivity contribution in [3.8, 4) is 5.75 Å². The Morgan fingerprint density at radius 3 is 2.67 bits per heavy atom. The minimum absolute atomic E-state index is 0.122. The number of hydrogen-bond donors (Lipinski definition) is 2. The highest BCUT2D eigenvalue weighted by Gasteiger charge is 2.17. The first-order valence-electron chi connectivity index (χ1n) is 6.50. The highest BCUT2D eigenvalue weighted by atomic mass is 19.3. The predicted octanol–water partition coefficient (Wildman–Crippen LogP) is 2.66. The first-order chi connectivity index (χ1) is 9.92. The topological polar surface area (TPSA) is 75.6 Å². The van der Waals surface area contributed by atoms with Gasteiger partial charge in [0, 0.05) is 11.6 Å². The molecule has 1 aromatic carbocycles. The molecule has 0 aromatic heterocycles. The molecule has 0 unspecified atom stereocenters. The quantitative estimate of drug-likeness (QED) is 0.774. The highest BCUT2D eigenvalue weighted by Crippen LogP contribution is 2.16. The predicted molar refractivity (Wildman–Crippen MR) is 71.5 cm³/mol. The molecular weight excluding hydrogens is 284 g/mol. The van der Waals surface area contributed by atoms with Gasteiger partial charge in [-0.15, -0.1) is 0 Å². The normalized spacial score (nSPS) is 12.0. The third kappa shape index (κ3) is 6.20. The van der Waals surface area contributed by atoms with Gasteiger partial charge in [-0.3, -0.25) is 9.59 Å². The fraction of sp³-hybridized carbons (Fsp3) is 0.429. The molecule has 0 saturated carbocycles. The Hall–Kier alpha value is -2.18. The number of benzene rings is 1. The molecule has 7 heteroatoms. The van der Waals surface area contributed by atoms with E-state index < -0.39 is 24.5 Å². The number of halogens is 2. The van der Waals surface area contributed by atoms with Crippen molar-refractivity contribution in [1.82, 2.24) is 5.32 Å². The monoisotopic (exact) mass is 301 g/mol. The number of rotatable bonds is 8. The van der Waals surface area contributed by atoms with Gasteiger partial charge in [-0.25, -0.2) is 0 Å². The first-order valence-corrected chi connectivity index (χ1v) is 6.50. The number of amides is 1. The van der Waals surface area contributed by atoms with Crippen molar-refractivity contribution in [2.24, 2.45) is 0 Å². The molecule has 1 rings (SSSR count). The number of carbonyl (C=O) groups is 2. The number of nitrogens with one attached hydrogen (secondary N) is 1.